The molecule has 2 aliphatic carbocycles. The molecule has 3 fully saturated rings. The van der Waals surface area contributed by atoms with Gasteiger partial charge in [-0.25, -0.2) is 18.2 Å². The van der Waals surface area contributed by atoms with E-state index in [4.69, 9.17) is 83.8 Å². The average Bonchev–Trinajstić information content (AvgIpc) is 4.11. The van der Waals surface area contributed by atoms with E-state index in [1.807, 2.05) is 13.8 Å². The summed E-state index contributed by atoms with van der Waals surface area (Å²) in [5.41, 5.74) is -6.13. The molecule has 0 bridgehead atoms. The maximum absolute atomic E-state index is 15.0. The van der Waals surface area contributed by atoms with E-state index in [-0.39, 0.29) is 37.6 Å². The first-order valence-electron chi connectivity index (χ1n) is 20.5. The lowest BCUT2D eigenvalue weighted by Crippen LogP contribution is -2.67. The Labute approximate surface area is 397 Å². The molecule has 0 spiro atoms. The van der Waals surface area contributed by atoms with Crippen LogP contribution in [-0.4, -0.2) is 104 Å². The number of ether oxygens (including phenoxy) is 3. The fraction of sp³-hybridized carbons (Fsp3) is 0.625. The molecule has 2 saturated carbocycles. The molecular weight excluding hydrogens is 996 g/mol. The van der Waals surface area contributed by atoms with Gasteiger partial charge in [-0.2, -0.15) is 13.2 Å². The molecule has 354 valence electrons. The van der Waals surface area contributed by atoms with Crippen LogP contribution in [0, 0.1) is 17.8 Å². The molecule has 3 N–H and O–H groups in total. The van der Waals surface area contributed by atoms with Crippen LogP contribution in [-0.2, 0) is 29.1 Å². The third-order valence-electron chi connectivity index (χ3n) is 11.8. The SMILES string of the molecule is CCCOc1ccc2c(O[C@@H]3C[C@H]4C(=O)N[C@]5(C(=O)NS(=O)(=O)C6CC6)C[C@H]5/C=C\CC[C@H](C)C[C@@H](C)[C@H](NC(=O)OC(C(F)(F)F)(C(Cl)(Cl)Cl)C(Cl)(Cl)Cl)C(=O)N4C3)nccc2c1. The Kier molecular flexibility index (Phi) is 15.0. The van der Waals surface area contributed by atoms with Crippen molar-refractivity contribution >= 4 is 114 Å². The number of benzene rings is 1. The standard InChI is InChI=1S/C40H46Cl6F3N5O9S/c1-4-15-61-25-9-12-28-23(17-25)13-14-50-32(28)62-26-18-29-31(55)52-36(34(57)53-64(59,60)27-10-11-27)19-24(36)8-6-5-7-21(2)16-22(3)30(33(56)54(29)20-26)51-35(58)63-37(38(41,42)43,39(44,45)46)40(47,48)49/h6,8-9,12-14,17,21-22,24,26-27,29-30H,4-5,7,10-11,15-16,18-20H2,1-3H3,(H,51,58)(H,52,55)(H,53,57)/b8-6-/t21-,22+,24+,26+,29-,30-,36+/m0/s1. The number of amides is 4. The van der Waals surface area contributed by atoms with Crippen molar-refractivity contribution in [2.24, 2.45) is 17.8 Å². The van der Waals surface area contributed by atoms with Gasteiger partial charge >= 0.3 is 17.9 Å². The normalized spacial score (nSPS) is 27.8. The summed E-state index contributed by atoms with van der Waals surface area (Å²) < 4.78 is 81.9. The number of carbonyl (C=O) groups excluding carboxylic acids is 4. The minimum atomic E-state index is -5.82. The highest BCUT2D eigenvalue weighted by Crippen LogP contribution is 2.60. The van der Waals surface area contributed by atoms with Crippen LogP contribution >= 0.6 is 69.6 Å². The Bertz CT molecular complexity index is 2230. The molecule has 1 saturated heterocycles. The van der Waals surface area contributed by atoms with E-state index >= 15 is 0 Å². The van der Waals surface area contributed by atoms with Gasteiger partial charge in [0.25, 0.3) is 5.91 Å². The minimum Gasteiger partial charge on any atom is -0.494 e. The van der Waals surface area contributed by atoms with Crippen molar-refractivity contribution in [2.75, 3.05) is 13.2 Å². The van der Waals surface area contributed by atoms with E-state index in [0.29, 0.717) is 48.8 Å². The molecular formula is C40H46Cl6F3N5O9S. The van der Waals surface area contributed by atoms with E-state index in [0.717, 1.165) is 11.3 Å². The number of rotatable bonds is 10. The number of halogens is 9. The van der Waals surface area contributed by atoms with Crippen LogP contribution in [0.1, 0.15) is 72.1 Å². The van der Waals surface area contributed by atoms with Crippen molar-refractivity contribution in [3.05, 3.63) is 42.6 Å². The molecule has 2 aliphatic heterocycles. The number of alkyl halides is 9. The van der Waals surface area contributed by atoms with Gasteiger partial charge in [-0.1, -0.05) is 103 Å². The highest BCUT2D eigenvalue weighted by atomic mass is 35.6. The van der Waals surface area contributed by atoms with Gasteiger partial charge in [-0.05, 0) is 86.4 Å². The quantitative estimate of drug-likeness (QED) is 0.156. The number of nitrogens with zero attached hydrogens (tertiary/aromatic N) is 2. The second-order valence-corrected chi connectivity index (χ2v) is 23.3. The molecule has 24 heteroatoms. The zero-order chi connectivity index (χ0) is 47.2. The molecule has 0 unspecified atom stereocenters. The van der Waals surface area contributed by atoms with Gasteiger partial charge in [0, 0.05) is 23.9 Å². The fourth-order valence-corrected chi connectivity index (χ4v) is 11.7. The highest BCUT2D eigenvalue weighted by Gasteiger charge is 2.79. The lowest BCUT2D eigenvalue weighted by atomic mass is 9.88. The zero-order valence-electron chi connectivity index (χ0n) is 34.5. The van der Waals surface area contributed by atoms with E-state index < -0.39 is 94.0 Å². The van der Waals surface area contributed by atoms with Gasteiger partial charge in [0.2, 0.25) is 35.3 Å². The Hall–Kier alpha value is -2.87. The predicted octanol–water partition coefficient (Wildman–Crippen LogP) is 8.00. The number of pyridine rings is 1. The van der Waals surface area contributed by atoms with Crippen molar-refractivity contribution in [1.29, 1.82) is 0 Å². The second kappa shape index (κ2) is 19.0. The smallest absolute Gasteiger partial charge is 0.437 e. The summed E-state index contributed by atoms with van der Waals surface area (Å²) in [4.78, 5) is 62.6. The van der Waals surface area contributed by atoms with E-state index in [9.17, 15) is 40.8 Å². The van der Waals surface area contributed by atoms with Crippen molar-refractivity contribution in [2.45, 2.75) is 120 Å². The summed E-state index contributed by atoms with van der Waals surface area (Å²) >= 11 is 34.4. The van der Waals surface area contributed by atoms with Crippen LogP contribution in [0.25, 0.3) is 10.8 Å². The number of fused-ring (bicyclic) bond motifs is 3. The summed E-state index contributed by atoms with van der Waals surface area (Å²) in [6, 6.07) is 3.81. The maximum Gasteiger partial charge on any atom is 0.437 e. The number of hydrogen-bond acceptors (Lipinski definition) is 10. The average molecular weight is 1040 g/mol. The van der Waals surface area contributed by atoms with Crippen molar-refractivity contribution in [3.8, 4) is 11.6 Å². The number of nitrogens with one attached hydrogen (secondary N) is 3. The summed E-state index contributed by atoms with van der Waals surface area (Å²) in [6.07, 6.45) is -1.21. The monoisotopic (exact) mass is 1040 g/mol. The molecule has 4 aliphatic rings. The van der Waals surface area contributed by atoms with E-state index in [1.54, 1.807) is 43.3 Å². The van der Waals surface area contributed by atoms with Gasteiger partial charge in [0.1, 0.15) is 29.5 Å². The maximum atomic E-state index is 15.0. The topological polar surface area (TPSA) is 182 Å². The minimum absolute atomic E-state index is 0.0434. The highest BCUT2D eigenvalue weighted by molar-refractivity contribution is 7.91. The Morgan fingerprint density at radius 1 is 1.02 bits per heavy atom. The largest absolute Gasteiger partial charge is 0.494 e. The summed E-state index contributed by atoms with van der Waals surface area (Å²) in [5, 5.41) is 5.43. The lowest BCUT2D eigenvalue weighted by molar-refractivity contribution is -0.255. The molecule has 4 amide bonds. The summed E-state index contributed by atoms with van der Waals surface area (Å²) in [6.45, 7) is 5.52. The number of alkyl carbamates (subject to hydrolysis) is 1. The van der Waals surface area contributed by atoms with Crippen molar-refractivity contribution in [1.82, 2.24) is 25.2 Å². The third kappa shape index (κ3) is 10.6. The Morgan fingerprint density at radius 2 is 1.70 bits per heavy atom. The molecule has 6 rings (SSSR count). The van der Waals surface area contributed by atoms with Gasteiger partial charge in [-0.3, -0.25) is 19.1 Å². The zero-order valence-corrected chi connectivity index (χ0v) is 39.9. The number of hydrogen-bond donors (Lipinski definition) is 3. The van der Waals surface area contributed by atoms with E-state index in [2.05, 4.69) is 20.3 Å². The van der Waals surface area contributed by atoms with Gasteiger partial charge in [-0.15, -0.1) is 0 Å². The Morgan fingerprint density at radius 3 is 2.33 bits per heavy atom. The van der Waals surface area contributed by atoms with Gasteiger partial charge < -0.3 is 29.7 Å². The lowest BCUT2D eigenvalue weighted by Gasteiger charge is -2.44. The number of allylic oxidation sites excluding steroid dienone is 1. The summed E-state index contributed by atoms with van der Waals surface area (Å²) in [7, 11) is -4.05. The predicted molar refractivity (Wildman–Crippen MR) is 235 cm³/mol. The van der Waals surface area contributed by atoms with Crippen LogP contribution in [0.4, 0.5) is 18.0 Å². The van der Waals surface area contributed by atoms with Crippen molar-refractivity contribution in [3.63, 3.8) is 0 Å². The van der Waals surface area contributed by atoms with Gasteiger partial charge in [0.15, 0.2) is 0 Å². The number of aromatic nitrogens is 1. The number of carbonyl (C=O) groups is 4. The first kappa shape index (κ1) is 50.5. The van der Waals surface area contributed by atoms with Crippen LogP contribution in [0.15, 0.2) is 42.6 Å². The van der Waals surface area contributed by atoms with Crippen LogP contribution in [0.5, 0.6) is 11.6 Å². The van der Waals surface area contributed by atoms with Crippen molar-refractivity contribution < 1.29 is 55.0 Å². The molecule has 1 aromatic carbocycles. The number of sulfonamides is 1. The summed E-state index contributed by atoms with van der Waals surface area (Å²) in [5.74, 6) is -3.71. The third-order valence-corrected chi connectivity index (χ3v) is 15.2. The molecule has 3 heterocycles. The molecule has 0 radical (unpaired) electrons. The molecule has 2 aromatic rings. The van der Waals surface area contributed by atoms with Crippen LogP contribution in [0.3, 0.4) is 0 Å². The first-order valence-corrected chi connectivity index (χ1v) is 24.3. The van der Waals surface area contributed by atoms with Crippen LogP contribution in [0.2, 0.25) is 0 Å². The second-order valence-electron chi connectivity index (χ2n) is 16.8. The molecule has 14 nitrogen and oxygen atoms in total. The fourth-order valence-electron chi connectivity index (χ4n) is 8.14. The molecule has 1 aromatic heterocycles. The first-order chi connectivity index (χ1) is 29.7. The van der Waals surface area contributed by atoms with Gasteiger partial charge in [0.05, 0.1) is 18.4 Å². The van der Waals surface area contributed by atoms with E-state index in [1.165, 1.54) is 6.20 Å². The molecule has 7 atom stereocenters. The Balaban J connectivity index is 1.38. The molecule has 64 heavy (non-hydrogen) atoms. The van der Waals surface area contributed by atoms with Crippen LogP contribution < -0.4 is 24.8 Å².